The number of rotatable bonds is 4. The van der Waals surface area contributed by atoms with Crippen molar-refractivity contribution in [2.75, 3.05) is 18.1 Å². The molecule has 4 rings (SSSR count). The fraction of sp³-hybridized carbons (Fsp3) is 0.190. The second-order valence-electron chi connectivity index (χ2n) is 6.12. The van der Waals surface area contributed by atoms with Crippen LogP contribution in [0.1, 0.15) is 12.1 Å². The SMILES string of the molecule is O=C(CCc1ccc(-c2ccccc2)[nH]1)N1CCOc2ccccc21. The van der Waals surface area contributed by atoms with Crippen LogP contribution in [0.3, 0.4) is 0 Å². The highest BCUT2D eigenvalue weighted by Gasteiger charge is 2.22. The Labute approximate surface area is 147 Å². The van der Waals surface area contributed by atoms with Crippen LogP contribution >= 0.6 is 0 Å². The molecule has 0 fully saturated rings. The van der Waals surface area contributed by atoms with Crippen molar-refractivity contribution < 1.29 is 9.53 Å². The van der Waals surface area contributed by atoms with E-state index in [0.717, 1.165) is 28.4 Å². The summed E-state index contributed by atoms with van der Waals surface area (Å²) in [6.07, 6.45) is 1.17. The first-order valence-electron chi connectivity index (χ1n) is 8.57. The van der Waals surface area contributed by atoms with Gasteiger partial charge in [0.15, 0.2) is 0 Å². The Morgan fingerprint density at radius 3 is 2.68 bits per heavy atom. The number of para-hydroxylation sites is 2. The third-order valence-electron chi connectivity index (χ3n) is 4.47. The zero-order chi connectivity index (χ0) is 17.1. The largest absolute Gasteiger partial charge is 0.490 e. The molecule has 2 aromatic carbocycles. The van der Waals surface area contributed by atoms with E-state index in [9.17, 15) is 4.79 Å². The molecule has 1 aliphatic rings. The molecule has 0 bridgehead atoms. The minimum absolute atomic E-state index is 0.131. The summed E-state index contributed by atoms with van der Waals surface area (Å²) in [5, 5.41) is 0. The van der Waals surface area contributed by atoms with Crippen LogP contribution in [-0.2, 0) is 11.2 Å². The standard InChI is InChI=1S/C21H20N2O2/c24-21(23-14-15-25-20-9-5-4-8-19(20)23)13-11-17-10-12-18(22-17)16-6-2-1-3-7-16/h1-10,12,22H,11,13-15H2. The molecule has 4 heteroatoms. The zero-order valence-corrected chi connectivity index (χ0v) is 13.9. The van der Waals surface area contributed by atoms with Crippen LogP contribution < -0.4 is 9.64 Å². The number of hydrogen-bond donors (Lipinski definition) is 1. The minimum atomic E-state index is 0.131. The summed E-state index contributed by atoms with van der Waals surface area (Å²) in [7, 11) is 0. The summed E-state index contributed by atoms with van der Waals surface area (Å²) in [6.45, 7) is 1.15. The molecule has 25 heavy (non-hydrogen) atoms. The molecule has 1 aromatic heterocycles. The lowest BCUT2D eigenvalue weighted by Crippen LogP contribution is -2.38. The molecule has 0 radical (unpaired) electrons. The molecule has 0 spiro atoms. The Balaban J connectivity index is 1.42. The average molecular weight is 332 g/mol. The van der Waals surface area contributed by atoms with Crippen molar-refractivity contribution in [2.24, 2.45) is 0 Å². The predicted octanol–water partition coefficient (Wildman–Crippen LogP) is 4.04. The number of fused-ring (bicyclic) bond motifs is 1. The zero-order valence-electron chi connectivity index (χ0n) is 13.9. The third-order valence-corrected chi connectivity index (χ3v) is 4.47. The Kier molecular flexibility index (Phi) is 4.25. The van der Waals surface area contributed by atoms with Gasteiger partial charge in [-0.3, -0.25) is 4.79 Å². The molecule has 3 aromatic rings. The van der Waals surface area contributed by atoms with Gasteiger partial charge in [0.05, 0.1) is 12.2 Å². The van der Waals surface area contributed by atoms with Gasteiger partial charge in [-0.05, 0) is 36.2 Å². The second-order valence-corrected chi connectivity index (χ2v) is 6.12. The van der Waals surface area contributed by atoms with Crippen molar-refractivity contribution in [1.29, 1.82) is 0 Å². The van der Waals surface area contributed by atoms with Gasteiger partial charge in [-0.1, -0.05) is 42.5 Å². The summed E-state index contributed by atoms with van der Waals surface area (Å²) in [4.78, 5) is 17.9. The van der Waals surface area contributed by atoms with Gasteiger partial charge in [0.25, 0.3) is 0 Å². The number of nitrogens with zero attached hydrogens (tertiary/aromatic N) is 1. The molecule has 1 N–H and O–H groups in total. The van der Waals surface area contributed by atoms with Crippen molar-refractivity contribution in [3.05, 3.63) is 72.4 Å². The molecule has 2 heterocycles. The van der Waals surface area contributed by atoms with Crippen LogP contribution in [0.2, 0.25) is 0 Å². The molecule has 126 valence electrons. The fourth-order valence-electron chi connectivity index (χ4n) is 3.18. The number of aromatic nitrogens is 1. The van der Waals surface area contributed by atoms with E-state index < -0.39 is 0 Å². The lowest BCUT2D eigenvalue weighted by atomic mass is 10.2. The van der Waals surface area contributed by atoms with Crippen LogP contribution in [0.25, 0.3) is 11.3 Å². The van der Waals surface area contributed by atoms with Gasteiger partial charge in [-0.25, -0.2) is 0 Å². The lowest BCUT2D eigenvalue weighted by molar-refractivity contribution is -0.118. The summed E-state index contributed by atoms with van der Waals surface area (Å²) < 4.78 is 5.62. The van der Waals surface area contributed by atoms with Gasteiger partial charge in [-0.2, -0.15) is 0 Å². The molecular formula is C21H20N2O2. The van der Waals surface area contributed by atoms with Crippen molar-refractivity contribution >= 4 is 11.6 Å². The van der Waals surface area contributed by atoms with E-state index in [1.54, 1.807) is 0 Å². The van der Waals surface area contributed by atoms with E-state index in [0.29, 0.717) is 26.0 Å². The highest BCUT2D eigenvalue weighted by Crippen LogP contribution is 2.31. The number of carbonyl (C=O) groups is 1. The normalized spacial score (nSPS) is 13.2. The van der Waals surface area contributed by atoms with Gasteiger partial charge >= 0.3 is 0 Å². The Hall–Kier alpha value is -3.01. The first-order chi connectivity index (χ1) is 12.3. The fourth-order valence-corrected chi connectivity index (χ4v) is 3.18. The number of H-pyrrole nitrogens is 1. The summed E-state index contributed by atoms with van der Waals surface area (Å²) in [5.41, 5.74) is 4.19. The summed E-state index contributed by atoms with van der Waals surface area (Å²) >= 11 is 0. The maximum Gasteiger partial charge on any atom is 0.227 e. The Bertz CT molecular complexity index is 870. The van der Waals surface area contributed by atoms with E-state index in [4.69, 9.17) is 4.74 Å². The first kappa shape index (κ1) is 15.5. The van der Waals surface area contributed by atoms with Gasteiger partial charge in [0, 0.05) is 17.8 Å². The highest BCUT2D eigenvalue weighted by atomic mass is 16.5. The van der Waals surface area contributed by atoms with E-state index >= 15 is 0 Å². The van der Waals surface area contributed by atoms with Gasteiger partial charge in [0.2, 0.25) is 5.91 Å². The molecule has 4 nitrogen and oxygen atoms in total. The quantitative estimate of drug-likeness (QED) is 0.784. The maximum absolute atomic E-state index is 12.7. The molecule has 1 amide bonds. The highest BCUT2D eigenvalue weighted by molar-refractivity contribution is 5.95. The van der Waals surface area contributed by atoms with Crippen LogP contribution in [0.5, 0.6) is 5.75 Å². The second kappa shape index (κ2) is 6.85. The third kappa shape index (κ3) is 3.29. The monoisotopic (exact) mass is 332 g/mol. The lowest BCUT2D eigenvalue weighted by Gasteiger charge is -2.29. The van der Waals surface area contributed by atoms with E-state index in [1.807, 2.05) is 47.4 Å². The van der Waals surface area contributed by atoms with Crippen molar-refractivity contribution in [1.82, 2.24) is 4.98 Å². The number of aryl methyl sites for hydroxylation is 1. The molecule has 1 aliphatic heterocycles. The van der Waals surface area contributed by atoms with Crippen molar-refractivity contribution in [3.63, 3.8) is 0 Å². The maximum atomic E-state index is 12.7. The minimum Gasteiger partial charge on any atom is -0.490 e. The smallest absolute Gasteiger partial charge is 0.227 e. The van der Waals surface area contributed by atoms with Crippen LogP contribution in [-0.4, -0.2) is 24.0 Å². The summed E-state index contributed by atoms with van der Waals surface area (Å²) in [5.74, 6) is 0.917. The number of aromatic amines is 1. The predicted molar refractivity (Wildman–Crippen MR) is 98.8 cm³/mol. The first-order valence-corrected chi connectivity index (χ1v) is 8.57. The molecule has 0 saturated carbocycles. The van der Waals surface area contributed by atoms with E-state index in [2.05, 4.69) is 29.2 Å². The number of anilines is 1. The van der Waals surface area contributed by atoms with Crippen LogP contribution in [0, 0.1) is 0 Å². The number of hydrogen-bond acceptors (Lipinski definition) is 2. The number of benzene rings is 2. The topological polar surface area (TPSA) is 45.3 Å². The Morgan fingerprint density at radius 1 is 1.00 bits per heavy atom. The van der Waals surface area contributed by atoms with Crippen molar-refractivity contribution in [2.45, 2.75) is 12.8 Å². The number of amides is 1. The van der Waals surface area contributed by atoms with Crippen LogP contribution in [0.15, 0.2) is 66.7 Å². The number of ether oxygens (including phenoxy) is 1. The van der Waals surface area contributed by atoms with Gasteiger partial charge in [-0.15, -0.1) is 0 Å². The van der Waals surface area contributed by atoms with Gasteiger partial charge < -0.3 is 14.6 Å². The van der Waals surface area contributed by atoms with Gasteiger partial charge in [0.1, 0.15) is 12.4 Å². The summed E-state index contributed by atoms with van der Waals surface area (Å²) in [6, 6.07) is 22.0. The molecule has 0 saturated heterocycles. The van der Waals surface area contributed by atoms with E-state index in [1.165, 1.54) is 0 Å². The number of carbonyl (C=O) groups excluding carboxylic acids is 1. The molecule has 0 aliphatic carbocycles. The Morgan fingerprint density at radius 2 is 1.80 bits per heavy atom. The number of nitrogens with one attached hydrogen (secondary N) is 1. The molecule has 0 atom stereocenters. The average Bonchev–Trinajstić information content (AvgIpc) is 3.15. The molecular weight excluding hydrogens is 312 g/mol. The van der Waals surface area contributed by atoms with Crippen molar-refractivity contribution in [3.8, 4) is 17.0 Å². The molecule has 0 unspecified atom stereocenters. The van der Waals surface area contributed by atoms with Crippen LogP contribution in [0.4, 0.5) is 5.69 Å². The van der Waals surface area contributed by atoms with E-state index in [-0.39, 0.29) is 5.91 Å².